The van der Waals surface area contributed by atoms with Gasteiger partial charge in [0.2, 0.25) is 0 Å². The molecule has 1 aromatic rings. The maximum Gasteiger partial charge on any atom is 0.270 e. The minimum Gasteiger partial charge on any atom is -0.378 e. The van der Waals surface area contributed by atoms with Crippen LogP contribution in [-0.4, -0.2) is 78.5 Å². The maximum absolute atomic E-state index is 12.6. The van der Waals surface area contributed by atoms with Gasteiger partial charge < -0.3 is 26.0 Å². The van der Waals surface area contributed by atoms with Crippen molar-refractivity contribution in [2.75, 3.05) is 39.4 Å². The molecule has 10 nitrogen and oxygen atoms in total. The van der Waals surface area contributed by atoms with E-state index in [1.165, 1.54) is 0 Å². The number of aliphatic imine (C=N–C) groups is 2. The van der Waals surface area contributed by atoms with Gasteiger partial charge >= 0.3 is 0 Å². The lowest BCUT2D eigenvalue weighted by atomic mass is 10.0. The summed E-state index contributed by atoms with van der Waals surface area (Å²) in [5.41, 5.74) is 11.9. The Morgan fingerprint density at radius 2 is 1.77 bits per heavy atom. The number of morpholine rings is 1. The quantitative estimate of drug-likeness (QED) is 0.478. The first-order chi connectivity index (χ1) is 14.8. The van der Waals surface area contributed by atoms with Gasteiger partial charge in [0.1, 0.15) is 0 Å². The standard InChI is InChI=1S/C21H29N7O3/c1-14-3-2-8-28(13-14)21(24)26-19(17(22)18(23)29)25-16-6-4-15(5-7-16)20(30)27-9-11-31-12-10-27/h4-7,14,22H,2-3,8-13H2,1H3,(H2,23,29)(H2,24,25,26). The van der Waals surface area contributed by atoms with E-state index in [2.05, 4.69) is 16.9 Å². The van der Waals surface area contributed by atoms with Gasteiger partial charge in [-0.1, -0.05) is 6.92 Å². The fourth-order valence-corrected chi connectivity index (χ4v) is 3.57. The van der Waals surface area contributed by atoms with Crippen molar-refractivity contribution in [3.05, 3.63) is 29.8 Å². The summed E-state index contributed by atoms with van der Waals surface area (Å²) in [4.78, 5) is 36.4. The Kier molecular flexibility index (Phi) is 7.35. The first-order valence-corrected chi connectivity index (χ1v) is 10.4. The summed E-state index contributed by atoms with van der Waals surface area (Å²) in [6, 6.07) is 6.58. The van der Waals surface area contributed by atoms with Gasteiger partial charge in [0.15, 0.2) is 17.5 Å². The van der Waals surface area contributed by atoms with Gasteiger partial charge in [-0.05, 0) is 43.0 Å². The van der Waals surface area contributed by atoms with E-state index in [4.69, 9.17) is 21.6 Å². The molecule has 10 heteroatoms. The molecular weight excluding hydrogens is 398 g/mol. The number of likely N-dealkylation sites (tertiary alicyclic amines) is 1. The number of ether oxygens (including phenoxy) is 1. The summed E-state index contributed by atoms with van der Waals surface area (Å²) in [5, 5.41) is 7.98. The van der Waals surface area contributed by atoms with Crippen LogP contribution in [0.25, 0.3) is 0 Å². The smallest absolute Gasteiger partial charge is 0.270 e. The van der Waals surface area contributed by atoms with Crippen LogP contribution in [-0.2, 0) is 9.53 Å². The average Bonchev–Trinajstić information content (AvgIpc) is 2.78. The third-order valence-electron chi connectivity index (χ3n) is 5.32. The first kappa shape index (κ1) is 22.4. The molecule has 0 saturated carbocycles. The number of nitrogens with two attached hydrogens (primary N) is 2. The highest BCUT2D eigenvalue weighted by molar-refractivity contribution is 6.66. The van der Waals surface area contributed by atoms with E-state index >= 15 is 0 Å². The van der Waals surface area contributed by atoms with Gasteiger partial charge in [0.05, 0.1) is 18.9 Å². The van der Waals surface area contributed by atoms with Crippen LogP contribution >= 0.6 is 0 Å². The minimum absolute atomic E-state index is 0.0783. The fourth-order valence-electron chi connectivity index (χ4n) is 3.57. The number of carbonyl (C=O) groups is 2. The Morgan fingerprint density at radius 3 is 2.39 bits per heavy atom. The van der Waals surface area contributed by atoms with Crippen molar-refractivity contribution in [3.8, 4) is 0 Å². The van der Waals surface area contributed by atoms with Crippen molar-refractivity contribution in [3.63, 3.8) is 0 Å². The number of hydrogen-bond acceptors (Lipinski definition) is 5. The summed E-state index contributed by atoms with van der Waals surface area (Å²) in [6.45, 7) is 5.83. The number of amidine groups is 1. The van der Waals surface area contributed by atoms with Gasteiger partial charge in [-0.15, -0.1) is 0 Å². The Hall–Kier alpha value is -3.27. The predicted molar refractivity (Wildman–Crippen MR) is 119 cm³/mol. The van der Waals surface area contributed by atoms with Crippen molar-refractivity contribution >= 4 is 35.0 Å². The molecule has 2 aliphatic heterocycles. The zero-order valence-corrected chi connectivity index (χ0v) is 17.7. The first-order valence-electron chi connectivity index (χ1n) is 10.4. The monoisotopic (exact) mass is 427 g/mol. The number of piperidine rings is 1. The lowest BCUT2D eigenvalue weighted by Gasteiger charge is -2.31. The lowest BCUT2D eigenvalue weighted by molar-refractivity contribution is -0.111. The van der Waals surface area contributed by atoms with Crippen LogP contribution in [0, 0.1) is 11.3 Å². The molecule has 1 atom stereocenters. The number of nitrogens with zero attached hydrogens (tertiary/aromatic N) is 4. The second kappa shape index (κ2) is 10.2. The number of primary amides is 1. The number of nitrogens with one attached hydrogen (secondary N) is 1. The summed E-state index contributed by atoms with van der Waals surface area (Å²) in [5.74, 6) is -0.493. The SMILES string of the molecule is CC1CCCN(C(N)=NC(=Nc2ccc(C(=O)N3CCOCC3)cc2)C(=N)C(N)=O)C1. The summed E-state index contributed by atoms with van der Waals surface area (Å²) in [6.07, 6.45) is 2.12. The van der Waals surface area contributed by atoms with Crippen LogP contribution in [0.2, 0.25) is 0 Å². The maximum atomic E-state index is 12.6. The summed E-state index contributed by atoms with van der Waals surface area (Å²) in [7, 11) is 0. The molecule has 2 heterocycles. The molecule has 0 bridgehead atoms. The van der Waals surface area contributed by atoms with Crippen LogP contribution in [0.4, 0.5) is 5.69 Å². The highest BCUT2D eigenvalue weighted by Gasteiger charge is 2.21. The van der Waals surface area contributed by atoms with Crippen molar-refractivity contribution in [2.45, 2.75) is 19.8 Å². The van der Waals surface area contributed by atoms with Crippen molar-refractivity contribution in [1.82, 2.24) is 9.80 Å². The summed E-state index contributed by atoms with van der Waals surface area (Å²) >= 11 is 0. The molecule has 0 radical (unpaired) electrons. The van der Waals surface area contributed by atoms with E-state index in [9.17, 15) is 9.59 Å². The largest absolute Gasteiger partial charge is 0.378 e. The normalized spacial score (nSPS) is 20.5. The van der Waals surface area contributed by atoms with Crippen molar-refractivity contribution in [1.29, 1.82) is 5.41 Å². The number of guanidine groups is 1. The molecule has 1 unspecified atom stereocenters. The van der Waals surface area contributed by atoms with Gasteiger partial charge in [-0.3, -0.25) is 15.0 Å². The molecule has 2 amide bonds. The Morgan fingerprint density at radius 1 is 1.10 bits per heavy atom. The Labute approximate surface area is 181 Å². The molecule has 166 valence electrons. The van der Waals surface area contributed by atoms with Gasteiger partial charge in [-0.2, -0.15) is 4.99 Å². The predicted octanol–water partition coefficient (Wildman–Crippen LogP) is 0.741. The Bertz CT molecular complexity index is 889. The number of benzene rings is 1. The molecule has 3 rings (SSSR count). The van der Waals surface area contributed by atoms with Crippen LogP contribution in [0.5, 0.6) is 0 Å². The highest BCUT2D eigenvalue weighted by atomic mass is 16.5. The van der Waals surface area contributed by atoms with Gasteiger partial charge in [0.25, 0.3) is 11.8 Å². The molecule has 31 heavy (non-hydrogen) atoms. The Balaban J connectivity index is 1.81. The molecule has 2 saturated heterocycles. The zero-order chi connectivity index (χ0) is 22.4. The van der Waals surface area contributed by atoms with Crippen LogP contribution < -0.4 is 11.5 Å². The minimum atomic E-state index is -0.943. The topological polar surface area (TPSA) is 150 Å². The van der Waals surface area contributed by atoms with E-state index in [1.54, 1.807) is 29.2 Å². The van der Waals surface area contributed by atoms with Crippen LogP contribution in [0.15, 0.2) is 34.3 Å². The van der Waals surface area contributed by atoms with Gasteiger partial charge in [0, 0.05) is 31.7 Å². The third kappa shape index (κ3) is 5.88. The molecular formula is C21H29N7O3. The number of hydrogen-bond donors (Lipinski definition) is 3. The molecule has 0 aromatic heterocycles. The molecule has 2 fully saturated rings. The van der Waals surface area contributed by atoms with Crippen LogP contribution in [0.1, 0.15) is 30.1 Å². The number of rotatable bonds is 4. The second-order valence-electron chi connectivity index (χ2n) is 7.79. The van der Waals surface area contributed by atoms with E-state index in [0.29, 0.717) is 43.5 Å². The fraction of sp³-hybridized carbons (Fsp3) is 0.476. The third-order valence-corrected chi connectivity index (χ3v) is 5.32. The highest BCUT2D eigenvalue weighted by Crippen LogP contribution is 2.17. The molecule has 5 N–H and O–H groups in total. The number of carbonyl (C=O) groups excluding carboxylic acids is 2. The molecule has 0 aliphatic carbocycles. The van der Waals surface area contributed by atoms with E-state index < -0.39 is 11.6 Å². The lowest BCUT2D eigenvalue weighted by Crippen LogP contribution is -2.44. The molecule has 0 spiro atoms. The number of amides is 2. The zero-order valence-electron chi connectivity index (χ0n) is 17.7. The van der Waals surface area contributed by atoms with E-state index in [-0.39, 0.29) is 17.7 Å². The molecule has 2 aliphatic rings. The summed E-state index contributed by atoms with van der Waals surface area (Å²) < 4.78 is 5.28. The molecule has 1 aromatic carbocycles. The van der Waals surface area contributed by atoms with Crippen molar-refractivity contribution < 1.29 is 14.3 Å². The second-order valence-corrected chi connectivity index (χ2v) is 7.79. The van der Waals surface area contributed by atoms with E-state index in [1.807, 2.05) is 4.90 Å². The van der Waals surface area contributed by atoms with Crippen LogP contribution in [0.3, 0.4) is 0 Å². The average molecular weight is 428 g/mol. The van der Waals surface area contributed by atoms with Gasteiger partial charge in [-0.25, -0.2) is 4.99 Å². The van der Waals surface area contributed by atoms with Crippen molar-refractivity contribution in [2.24, 2.45) is 27.4 Å². The van der Waals surface area contributed by atoms with E-state index in [0.717, 1.165) is 25.9 Å².